The maximum absolute atomic E-state index is 13.3. The third kappa shape index (κ3) is 2.79. The Balaban J connectivity index is 2.21. The molecule has 0 bridgehead atoms. The SMILES string of the molecule is CC1CCN(C(=O)c2ccc(F)c([N+](=O)[O-])c2)CC1C. The average molecular weight is 280 g/mol. The van der Waals surface area contributed by atoms with Gasteiger partial charge in [0.2, 0.25) is 5.82 Å². The Kier molecular flexibility index (Phi) is 4.01. The molecule has 1 heterocycles. The second-order valence-electron chi connectivity index (χ2n) is 5.42. The van der Waals surface area contributed by atoms with Crippen LogP contribution in [0.1, 0.15) is 30.6 Å². The highest BCUT2D eigenvalue weighted by Crippen LogP contribution is 2.25. The third-order valence-electron chi connectivity index (χ3n) is 4.01. The van der Waals surface area contributed by atoms with Gasteiger partial charge >= 0.3 is 5.69 Å². The van der Waals surface area contributed by atoms with Crippen LogP contribution in [0.4, 0.5) is 10.1 Å². The molecule has 0 N–H and O–H groups in total. The van der Waals surface area contributed by atoms with Crippen LogP contribution in [0.5, 0.6) is 0 Å². The van der Waals surface area contributed by atoms with Gasteiger partial charge < -0.3 is 4.90 Å². The zero-order chi connectivity index (χ0) is 14.9. The van der Waals surface area contributed by atoms with Crippen LogP contribution in [0.15, 0.2) is 18.2 Å². The highest BCUT2D eigenvalue weighted by molar-refractivity contribution is 5.94. The fourth-order valence-electron chi connectivity index (χ4n) is 2.42. The van der Waals surface area contributed by atoms with Gasteiger partial charge in [-0.3, -0.25) is 14.9 Å². The summed E-state index contributed by atoms with van der Waals surface area (Å²) in [6.07, 6.45) is 0.913. The summed E-state index contributed by atoms with van der Waals surface area (Å²) in [6, 6.07) is 3.29. The maximum atomic E-state index is 13.3. The highest BCUT2D eigenvalue weighted by Gasteiger charge is 2.27. The van der Waals surface area contributed by atoms with Crippen molar-refractivity contribution in [3.63, 3.8) is 0 Å². The van der Waals surface area contributed by atoms with Crippen molar-refractivity contribution < 1.29 is 14.1 Å². The van der Waals surface area contributed by atoms with Crippen molar-refractivity contribution in [3.05, 3.63) is 39.7 Å². The fourth-order valence-corrected chi connectivity index (χ4v) is 2.42. The van der Waals surface area contributed by atoms with Crippen LogP contribution in [0.3, 0.4) is 0 Å². The molecule has 6 heteroatoms. The number of carbonyl (C=O) groups is 1. The summed E-state index contributed by atoms with van der Waals surface area (Å²) in [4.78, 5) is 23.9. The number of amides is 1. The van der Waals surface area contributed by atoms with Crippen molar-refractivity contribution in [1.82, 2.24) is 4.90 Å². The Hall–Kier alpha value is -1.98. The number of carbonyl (C=O) groups excluding carboxylic acids is 1. The molecule has 0 aliphatic carbocycles. The van der Waals surface area contributed by atoms with Crippen LogP contribution >= 0.6 is 0 Å². The van der Waals surface area contributed by atoms with E-state index in [2.05, 4.69) is 13.8 Å². The number of piperidine rings is 1. The Morgan fingerprint density at radius 2 is 2.10 bits per heavy atom. The minimum atomic E-state index is -0.924. The van der Waals surface area contributed by atoms with E-state index < -0.39 is 16.4 Å². The van der Waals surface area contributed by atoms with Gasteiger partial charge in [0.05, 0.1) is 4.92 Å². The van der Waals surface area contributed by atoms with Gasteiger partial charge in [0, 0.05) is 24.7 Å². The number of halogens is 1. The molecule has 2 rings (SSSR count). The predicted molar refractivity (Wildman–Crippen MR) is 71.9 cm³/mol. The van der Waals surface area contributed by atoms with E-state index in [1.807, 2.05) is 0 Å². The van der Waals surface area contributed by atoms with Gasteiger partial charge in [0.1, 0.15) is 0 Å². The topological polar surface area (TPSA) is 63.5 Å². The molecule has 5 nitrogen and oxygen atoms in total. The molecule has 1 aromatic carbocycles. The van der Waals surface area contributed by atoms with Gasteiger partial charge in [-0.15, -0.1) is 0 Å². The standard InChI is InChI=1S/C14H17FN2O3/c1-9-5-6-16(8-10(9)2)14(18)11-3-4-12(15)13(7-11)17(19)20/h3-4,7,9-10H,5-6,8H2,1-2H3. The summed E-state index contributed by atoms with van der Waals surface area (Å²) in [7, 11) is 0. The number of hydrogen-bond donors (Lipinski definition) is 0. The van der Waals surface area contributed by atoms with Crippen molar-refractivity contribution in [3.8, 4) is 0 Å². The third-order valence-corrected chi connectivity index (χ3v) is 4.01. The first-order valence-corrected chi connectivity index (χ1v) is 6.63. The molecule has 0 radical (unpaired) electrons. The first-order valence-electron chi connectivity index (χ1n) is 6.63. The summed E-state index contributed by atoms with van der Waals surface area (Å²) >= 11 is 0. The second kappa shape index (κ2) is 5.56. The van der Waals surface area contributed by atoms with E-state index in [-0.39, 0.29) is 11.5 Å². The minimum Gasteiger partial charge on any atom is -0.338 e. The summed E-state index contributed by atoms with van der Waals surface area (Å²) in [5.41, 5.74) is -0.492. The molecule has 0 spiro atoms. The van der Waals surface area contributed by atoms with Gasteiger partial charge in [-0.1, -0.05) is 13.8 Å². The van der Waals surface area contributed by atoms with Crippen LogP contribution in [0, 0.1) is 27.8 Å². The van der Waals surface area contributed by atoms with Gasteiger partial charge in [-0.2, -0.15) is 4.39 Å². The molecule has 2 unspecified atom stereocenters. The van der Waals surface area contributed by atoms with E-state index >= 15 is 0 Å². The van der Waals surface area contributed by atoms with Crippen molar-refractivity contribution in [1.29, 1.82) is 0 Å². The average Bonchev–Trinajstić information content (AvgIpc) is 2.41. The number of nitrogens with zero attached hydrogens (tertiary/aromatic N) is 2. The summed E-state index contributed by atoms with van der Waals surface area (Å²) < 4.78 is 13.3. The lowest BCUT2D eigenvalue weighted by atomic mass is 9.88. The van der Waals surface area contributed by atoms with Gasteiger partial charge in [0.15, 0.2) is 0 Å². The first-order chi connectivity index (χ1) is 9.40. The van der Waals surface area contributed by atoms with Gasteiger partial charge in [-0.25, -0.2) is 0 Å². The van der Waals surface area contributed by atoms with E-state index in [1.165, 1.54) is 6.07 Å². The molecule has 20 heavy (non-hydrogen) atoms. The van der Waals surface area contributed by atoms with E-state index in [9.17, 15) is 19.3 Å². The molecule has 0 aromatic heterocycles. The Morgan fingerprint density at radius 1 is 1.40 bits per heavy atom. The van der Waals surface area contributed by atoms with Crippen LogP contribution < -0.4 is 0 Å². The highest BCUT2D eigenvalue weighted by atomic mass is 19.1. The molecule has 1 fully saturated rings. The molecule has 0 saturated carbocycles. The molecule has 2 atom stereocenters. The summed E-state index contributed by atoms with van der Waals surface area (Å²) in [5.74, 6) is -0.247. The lowest BCUT2D eigenvalue weighted by Crippen LogP contribution is -2.42. The van der Waals surface area contributed by atoms with Crippen molar-refractivity contribution in [2.75, 3.05) is 13.1 Å². The minimum absolute atomic E-state index is 0.167. The number of hydrogen-bond acceptors (Lipinski definition) is 3. The van der Waals surface area contributed by atoms with Crippen LogP contribution in [0.25, 0.3) is 0 Å². The first kappa shape index (κ1) is 14.4. The Labute approximate surface area is 116 Å². The number of nitro groups is 1. The Morgan fingerprint density at radius 3 is 2.70 bits per heavy atom. The van der Waals surface area contributed by atoms with E-state index in [0.29, 0.717) is 24.9 Å². The second-order valence-corrected chi connectivity index (χ2v) is 5.42. The largest absolute Gasteiger partial charge is 0.338 e. The van der Waals surface area contributed by atoms with Crippen LogP contribution in [0.2, 0.25) is 0 Å². The maximum Gasteiger partial charge on any atom is 0.305 e. The monoisotopic (exact) mass is 280 g/mol. The zero-order valence-corrected chi connectivity index (χ0v) is 11.5. The van der Waals surface area contributed by atoms with Gasteiger partial charge in [-0.05, 0) is 30.4 Å². The number of likely N-dealkylation sites (tertiary alicyclic amines) is 1. The quantitative estimate of drug-likeness (QED) is 0.618. The van der Waals surface area contributed by atoms with E-state index in [1.54, 1.807) is 4.90 Å². The van der Waals surface area contributed by atoms with Crippen molar-refractivity contribution in [2.24, 2.45) is 11.8 Å². The molecular formula is C14H17FN2O3. The molecule has 1 saturated heterocycles. The van der Waals surface area contributed by atoms with Gasteiger partial charge in [0.25, 0.3) is 5.91 Å². The lowest BCUT2D eigenvalue weighted by Gasteiger charge is -2.35. The normalized spacial score (nSPS) is 22.6. The Bertz CT molecular complexity index is 547. The number of nitro benzene ring substituents is 1. The molecule has 1 aliphatic heterocycles. The molecule has 108 valence electrons. The zero-order valence-electron chi connectivity index (χ0n) is 11.5. The lowest BCUT2D eigenvalue weighted by molar-refractivity contribution is -0.387. The molecular weight excluding hydrogens is 263 g/mol. The summed E-state index contributed by atoms with van der Waals surface area (Å²) in [5, 5.41) is 10.7. The summed E-state index contributed by atoms with van der Waals surface area (Å²) in [6.45, 7) is 5.49. The predicted octanol–water partition coefficient (Wildman–Crippen LogP) is 2.85. The van der Waals surface area contributed by atoms with Crippen LogP contribution in [-0.2, 0) is 0 Å². The van der Waals surface area contributed by atoms with Crippen LogP contribution in [-0.4, -0.2) is 28.8 Å². The number of benzene rings is 1. The van der Waals surface area contributed by atoms with Crippen molar-refractivity contribution in [2.45, 2.75) is 20.3 Å². The number of rotatable bonds is 2. The van der Waals surface area contributed by atoms with E-state index in [0.717, 1.165) is 18.6 Å². The molecule has 1 aromatic rings. The van der Waals surface area contributed by atoms with E-state index in [4.69, 9.17) is 0 Å². The smallest absolute Gasteiger partial charge is 0.305 e. The van der Waals surface area contributed by atoms with Crippen molar-refractivity contribution >= 4 is 11.6 Å². The molecule has 1 amide bonds. The fraction of sp³-hybridized carbons (Fsp3) is 0.500. The molecule has 1 aliphatic rings.